The van der Waals surface area contributed by atoms with E-state index < -0.39 is 5.97 Å². The van der Waals surface area contributed by atoms with E-state index in [4.69, 9.17) is 5.11 Å². The third-order valence-electron chi connectivity index (χ3n) is 2.60. The van der Waals surface area contributed by atoms with Gasteiger partial charge in [-0.05, 0) is 31.8 Å². The van der Waals surface area contributed by atoms with Crippen LogP contribution in [0.2, 0.25) is 0 Å². The van der Waals surface area contributed by atoms with Crippen molar-refractivity contribution in [2.45, 2.75) is 38.4 Å². The molecule has 0 spiro atoms. The summed E-state index contributed by atoms with van der Waals surface area (Å²) in [5.74, 6) is 1.52. The Balaban J connectivity index is 2.67. The Morgan fingerprint density at radius 2 is 2.33 bits per heavy atom. The Hall–Kier alpha value is -0.620. The first-order valence-electron chi connectivity index (χ1n) is 6.02. The highest BCUT2D eigenvalue weighted by Crippen LogP contribution is 2.25. The van der Waals surface area contributed by atoms with Crippen LogP contribution in [-0.2, 0) is 4.79 Å². The topological polar surface area (TPSA) is 55.1 Å². The van der Waals surface area contributed by atoms with Crippen LogP contribution in [0.5, 0.6) is 0 Å². The number of imidazole rings is 1. The van der Waals surface area contributed by atoms with E-state index >= 15 is 0 Å². The van der Waals surface area contributed by atoms with Gasteiger partial charge in [-0.15, -0.1) is 0 Å². The van der Waals surface area contributed by atoms with Gasteiger partial charge in [0.1, 0.15) is 0 Å². The van der Waals surface area contributed by atoms with E-state index in [0.29, 0.717) is 6.04 Å². The molecule has 0 aliphatic heterocycles. The molecule has 1 aromatic heterocycles. The largest absolute Gasteiger partial charge is 0.481 e. The molecular formula is C12H20N2O2S2. The lowest BCUT2D eigenvalue weighted by Gasteiger charge is -2.17. The lowest BCUT2D eigenvalue weighted by Crippen LogP contribution is -2.10. The summed E-state index contributed by atoms with van der Waals surface area (Å²) in [7, 11) is 0. The minimum atomic E-state index is -0.804. The molecule has 18 heavy (non-hydrogen) atoms. The van der Waals surface area contributed by atoms with E-state index in [1.807, 2.05) is 24.9 Å². The maximum absolute atomic E-state index is 10.6. The first-order chi connectivity index (χ1) is 8.56. The predicted molar refractivity (Wildman–Crippen MR) is 77.7 cm³/mol. The first-order valence-corrected chi connectivity index (χ1v) is 8.16. The molecule has 0 bridgehead atoms. The van der Waals surface area contributed by atoms with Crippen LogP contribution in [-0.4, -0.2) is 37.9 Å². The minimum absolute atomic E-state index is 0.0624. The molecule has 0 aliphatic rings. The van der Waals surface area contributed by atoms with E-state index in [2.05, 4.69) is 23.4 Å². The molecule has 0 saturated heterocycles. The van der Waals surface area contributed by atoms with Crippen molar-refractivity contribution in [2.24, 2.45) is 0 Å². The van der Waals surface area contributed by atoms with Gasteiger partial charge in [-0.25, -0.2) is 4.98 Å². The molecular weight excluding hydrogens is 268 g/mol. The molecule has 0 fully saturated rings. The molecule has 1 N–H and O–H groups in total. The fourth-order valence-electron chi connectivity index (χ4n) is 1.72. The monoisotopic (exact) mass is 288 g/mol. The summed E-state index contributed by atoms with van der Waals surface area (Å²) in [6, 6.07) is 0.364. The van der Waals surface area contributed by atoms with Crippen LogP contribution in [0.15, 0.2) is 11.4 Å². The predicted octanol–water partition coefficient (Wildman–Crippen LogP) is 3.07. The molecule has 1 atom stereocenters. The SMILES string of the molecule is CCSCCC(C)n1c(C)cnc1SCC(=O)O. The number of hydrogen-bond donors (Lipinski definition) is 1. The van der Waals surface area contributed by atoms with E-state index in [-0.39, 0.29) is 5.75 Å². The summed E-state index contributed by atoms with van der Waals surface area (Å²) in [4.78, 5) is 14.9. The molecule has 102 valence electrons. The summed E-state index contributed by atoms with van der Waals surface area (Å²) in [6.07, 6.45) is 2.89. The Labute approximate surface area is 117 Å². The van der Waals surface area contributed by atoms with Crippen LogP contribution in [0.1, 0.15) is 32.0 Å². The highest BCUT2D eigenvalue weighted by Gasteiger charge is 2.14. The average Bonchev–Trinajstić information content (AvgIpc) is 2.68. The zero-order chi connectivity index (χ0) is 13.5. The molecule has 4 nitrogen and oxygen atoms in total. The van der Waals surface area contributed by atoms with Crippen LogP contribution in [0, 0.1) is 6.92 Å². The third-order valence-corrected chi connectivity index (χ3v) is 4.48. The number of nitrogens with zero attached hydrogens (tertiary/aromatic N) is 2. The van der Waals surface area contributed by atoms with Gasteiger partial charge in [0.05, 0.1) is 5.75 Å². The van der Waals surface area contributed by atoms with E-state index in [9.17, 15) is 4.79 Å². The number of carboxylic acid groups (broad SMARTS) is 1. The van der Waals surface area contributed by atoms with Crippen molar-refractivity contribution in [1.82, 2.24) is 9.55 Å². The molecule has 0 aliphatic carbocycles. The second-order valence-electron chi connectivity index (χ2n) is 4.07. The Bertz CT molecular complexity index is 393. The third kappa shape index (κ3) is 4.57. The minimum Gasteiger partial charge on any atom is -0.481 e. The first kappa shape index (κ1) is 15.4. The summed E-state index contributed by atoms with van der Waals surface area (Å²) in [6.45, 7) is 6.34. The highest BCUT2D eigenvalue weighted by molar-refractivity contribution is 7.99. The van der Waals surface area contributed by atoms with Crippen molar-refractivity contribution in [3.8, 4) is 0 Å². The van der Waals surface area contributed by atoms with Crippen molar-refractivity contribution in [2.75, 3.05) is 17.3 Å². The average molecular weight is 288 g/mol. The zero-order valence-electron chi connectivity index (χ0n) is 11.0. The maximum atomic E-state index is 10.6. The van der Waals surface area contributed by atoms with Crippen molar-refractivity contribution in [3.63, 3.8) is 0 Å². The summed E-state index contributed by atoms with van der Waals surface area (Å²) in [5, 5.41) is 9.53. The molecule has 0 aromatic carbocycles. The van der Waals surface area contributed by atoms with Gasteiger partial charge in [-0.1, -0.05) is 18.7 Å². The number of aryl methyl sites for hydroxylation is 1. The Kier molecular flexibility index (Phi) is 6.63. The summed E-state index contributed by atoms with van der Waals surface area (Å²) >= 11 is 3.22. The lowest BCUT2D eigenvalue weighted by molar-refractivity contribution is -0.133. The molecule has 1 rings (SSSR count). The van der Waals surface area contributed by atoms with Gasteiger partial charge in [0, 0.05) is 17.9 Å². The number of hydrogen-bond acceptors (Lipinski definition) is 4. The maximum Gasteiger partial charge on any atom is 0.313 e. The van der Waals surface area contributed by atoms with Crippen molar-refractivity contribution in [3.05, 3.63) is 11.9 Å². The van der Waals surface area contributed by atoms with E-state index in [1.165, 1.54) is 11.8 Å². The second kappa shape index (κ2) is 7.74. The zero-order valence-corrected chi connectivity index (χ0v) is 12.7. The van der Waals surface area contributed by atoms with Gasteiger partial charge in [0.2, 0.25) is 0 Å². The fourth-order valence-corrected chi connectivity index (χ4v) is 3.36. The van der Waals surface area contributed by atoms with Gasteiger partial charge < -0.3 is 9.67 Å². The van der Waals surface area contributed by atoms with Crippen molar-refractivity contribution < 1.29 is 9.90 Å². The number of carbonyl (C=O) groups is 1. The summed E-state index contributed by atoms with van der Waals surface area (Å²) < 4.78 is 2.14. The number of rotatable bonds is 8. The molecule has 0 amide bonds. The molecule has 0 radical (unpaired) electrons. The van der Waals surface area contributed by atoms with E-state index in [0.717, 1.165) is 28.8 Å². The number of aromatic nitrogens is 2. The number of carboxylic acids is 1. The van der Waals surface area contributed by atoms with Gasteiger partial charge in [-0.2, -0.15) is 11.8 Å². The van der Waals surface area contributed by atoms with Crippen LogP contribution in [0.3, 0.4) is 0 Å². The smallest absolute Gasteiger partial charge is 0.313 e. The Morgan fingerprint density at radius 3 is 2.94 bits per heavy atom. The second-order valence-corrected chi connectivity index (χ2v) is 6.41. The van der Waals surface area contributed by atoms with Gasteiger partial charge in [-0.3, -0.25) is 4.79 Å². The molecule has 0 saturated carbocycles. The van der Waals surface area contributed by atoms with Crippen molar-refractivity contribution in [1.29, 1.82) is 0 Å². The van der Waals surface area contributed by atoms with Gasteiger partial charge >= 0.3 is 5.97 Å². The highest BCUT2D eigenvalue weighted by atomic mass is 32.2. The van der Waals surface area contributed by atoms with E-state index in [1.54, 1.807) is 0 Å². The van der Waals surface area contributed by atoms with Crippen LogP contribution < -0.4 is 0 Å². The van der Waals surface area contributed by atoms with Crippen molar-refractivity contribution >= 4 is 29.5 Å². The Morgan fingerprint density at radius 1 is 1.61 bits per heavy atom. The van der Waals surface area contributed by atoms with Crippen LogP contribution >= 0.6 is 23.5 Å². The fraction of sp³-hybridized carbons (Fsp3) is 0.667. The molecule has 1 aromatic rings. The lowest BCUT2D eigenvalue weighted by atomic mass is 10.2. The normalized spacial score (nSPS) is 12.6. The standard InChI is InChI=1S/C12H20N2O2S2/c1-4-17-6-5-9(2)14-10(3)7-13-12(14)18-8-11(15)16/h7,9H,4-6,8H2,1-3H3,(H,15,16). The number of thioether (sulfide) groups is 2. The molecule has 1 unspecified atom stereocenters. The van der Waals surface area contributed by atoms with Gasteiger partial charge in [0.15, 0.2) is 5.16 Å². The molecule has 1 heterocycles. The van der Waals surface area contributed by atoms with Crippen LogP contribution in [0.25, 0.3) is 0 Å². The molecule has 6 heteroatoms. The number of aliphatic carboxylic acids is 1. The van der Waals surface area contributed by atoms with Crippen LogP contribution in [0.4, 0.5) is 0 Å². The van der Waals surface area contributed by atoms with Gasteiger partial charge in [0.25, 0.3) is 0 Å². The quantitative estimate of drug-likeness (QED) is 0.588. The summed E-state index contributed by atoms with van der Waals surface area (Å²) in [5.41, 5.74) is 1.09.